The van der Waals surface area contributed by atoms with Crippen LogP contribution in [0.5, 0.6) is 5.75 Å². The maximum Gasteiger partial charge on any atom is 0.122 e. The molecule has 1 fully saturated rings. The fourth-order valence-corrected chi connectivity index (χ4v) is 3.97. The predicted molar refractivity (Wildman–Crippen MR) is 77.3 cm³/mol. The Balaban J connectivity index is 1.88. The number of methoxy groups -OCH3 is 1. The van der Waals surface area contributed by atoms with Crippen LogP contribution in [0.25, 0.3) is 0 Å². The summed E-state index contributed by atoms with van der Waals surface area (Å²) in [6.45, 7) is 2.58. The average molecular weight is 310 g/mol. The molecule has 1 heterocycles. The molecule has 1 saturated heterocycles. The molecule has 1 aromatic rings. The SMILES string of the molecule is COc1ccc(Br)c2c1C[C@@H](N1CCCC1)CC2. The normalized spacial score (nSPS) is 24.0. The molecule has 2 aliphatic rings. The molecule has 1 aliphatic heterocycles. The van der Waals surface area contributed by atoms with Crippen LogP contribution in [0.4, 0.5) is 0 Å². The Morgan fingerprint density at radius 2 is 2.00 bits per heavy atom. The summed E-state index contributed by atoms with van der Waals surface area (Å²) in [4.78, 5) is 2.67. The predicted octanol–water partition coefficient (Wildman–Crippen LogP) is 3.41. The molecule has 1 atom stereocenters. The van der Waals surface area contributed by atoms with Gasteiger partial charge in [-0.3, -0.25) is 0 Å². The number of nitrogens with zero attached hydrogens (tertiary/aromatic N) is 1. The summed E-state index contributed by atoms with van der Waals surface area (Å²) >= 11 is 3.68. The molecule has 1 aromatic carbocycles. The first kappa shape index (κ1) is 12.5. The van der Waals surface area contributed by atoms with Gasteiger partial charge in [-0.1, -0.05) is 15.9 Å². The Bertz CT molecular complexity index is 440. The summed E-state index contributed by atoms with van der Waals surface area (Å²) in [6, 6.07) is 4.94. The molecule has 1 aliphatic carbocycles. The van der Waals surface area contributed by atoms with Crippen LogP contribution in [0, 0.1) is 0 Å². The molecule has 98 valence electrons. The van der Waals surface area contributed by atoms with Crippen LogP contribution in [-0.2, 0) is 12.8 Å². The molecule has 0 bridgehead atoms. The van der Waals surface area contributed by atoms with Gasteiger partial charge in [-0.15, -0.1) is 0 Å². The highest BCUT2D eigenvalue weighted by molar-refractivity contribution is 9.10. The highest BCUT2D eigenvalue weighted by Gasteiger charge is 2.28. The molecule has 3 heteroatoms. The summed E-state index contributed by atoms with van der Waals surface area (Å²) in [5.41, 5.74) is 2.89. The van der Waals surface area contributed by atoms with Crippen LogP contribution in [-0.4, -0.2) is 31.1 Å². The maximum absolute atomic E-state index is 5.54. The van der Waals surface area contributed by atoms with Gasteiger partial charge in [-0.25, -0.2) is 0 Å². The van der Waals surface area contributed by atoms with Crippen molar-refractivity contribution in [3.63, 3.8) is 0 Å². The molecule has 0 N–H and O–H groups in total. The van der Waals surface area contributed by atoms with Crippen molar-refractivity contribution in [2.24, 2.45) is 0 Å². The first-order chi connectivity index (χ1) is 8.79. The van der Waals surface area contributed by atoms with Crippen LogP contribution in [0.1, 0.15) is 30.4 Å². The van der Waals surface area contributed by atoms with E-state index in [2.05, 4.69) is 33.0 Å². The summed E-state index contributed by atoms with van der Waals surface area (Å²) in [7, 11) is 1.78. The van der Waals surface area contributed by atoms with E-state index in [-0.39, 0.29) is 0 Å². The molecular weight excluding hydrogens is 290 g/mol. The van der Waals surface area contributed by atoms with Crippen molar-refractivity contribution in [1.82, 2.24) is 4.90 Å². The van der Waals surface area contributed by atoms with E-state index in [1.54, 1.807) is 7.11 Å². The lowest BCUT2D eigenvalue weighted by Gasteiger charge is -2.33. The number of hydrogen-bond donors (Lipinski definition) is 0. The molecule has 0 spiro atoms. The number of ether oxygens (including phenoxy) is 1. The molecule has 18 heavy (non-hydrogen) atoms. The minimum atomic E-state index is 0.725. The van der Waals surface area contributed by atoms with E-state index in [4.69, 9.17) is 4.74 Å². The fourth-order valence-electron chi connectivity index (χ4n) is 3.40. The third kappa shape index (κ3) is 2.19. The largest absolute Gasteiger partial charge is 0.496 e. The average Bonchev–Trinajstić information content (AvgIpc) is 2.93. The highest BCUT2D eigenvalue weighted by Crippen LogP contribution is 2.36. The standard InChI is InChI=1S/C15H20BrNO/c1-18-15-7-6-14(16)12-5-4-11(10-13(12)15)17-8-2-3-9-17/h6-7,11H,2-5,8-10H2,1H3/t11-/m0/s1. The third-order valence-corrected chi connectivity index (χ3v) is 5.12. The van der Waals surface area contributed by atoms with Crippen molar-refractivity contribution >= 4 is 15.9 Å². The van der Waals surface area contributed by atoms with Gasteiger partial charge in [0.1, 0.15) is 5.75 Å². The molecular formula is C15H20BrNO. The molecule has 0 aromatic heterocycles. The number of rotatable bonds is 2. The molecule has 2 nitrogen and oxygen atoms in total. The van der Waals surface area contributed by atoms with Crippen molar-refractivity contribution in [2.45, 2.75) is 38.1 Å². The topological polar surface area (TPSA) is 12.5 Å². The smallest absolute Gasteiger partial charge is 0.122 e. The first-order valence-electron chi connectivity index (χ1n) is 6.88. The van der Waals surface area contributed by atoms with Gasteiger partial charge in [-0.2, -0.15) is 0 Å². The summed E-state index contributed by atoms with van der Waals surface area (Å²) in [5.74, 6) is 1.07. The van der Waals surface area contributed by atoms with Crippen LogP contribution in [0.15, 0.2) is 16.6 Å². The lowest BCUT2D eigenvalue weighted by molar-refractivity contribution is 0.220. The van der Waals surface area contributed by atoms with Gasteiger partial charge < -0.3 is 9.64 Å². The monoisotopic (exact) mass is 309 g/mol. The van der Waals surface area contributed by atoms with Crippen molar-refractivity contribution in [2.75, 3.05) is 20.2 Å². The second kappa shape index (κ2) is 5.22. The molecule has 0 amide bonds. The van der Waals surface area contributed by atoms with Crippen LogP contribution >= 0.6 is 15.9 Å². The van der Waals surface area contributed by atoms with E-state index in [9.17, 15) is 0 Å². The second-order valence-electron chi connectivity index (χ2n) is 5.35. The molecule has 0 saturated carbocycles. The van der Waals surface area contributed by atoms with Crippen molar-refractivity contribution in [3.05, 3.63) is 27.7 Å². The molecule has 0 radical (unpaired) electrons. The summed E-state index contributed by atoms with van der Waals surface area (Å²) in [6.07, 6.45) is 6.36. The third-order valence-electron chi connectivity index (χ3n) is 4.38. The Kier molecular flexibility index (Phi) is 3.62. The van der Waals surface area contributed by atoms with Gasteiger partial charge in [0.2, 0.25) is 0 Å². The number of hydrogen-bond acceptors (Lipinski definition) is 2. The van der Waals surface area contributed by atoms with Crippen molar-refractivity contribution in [3.8, 4) is 5.75 Å². The van der Waals surface area contributed by atoms with Crippen molar-refractivity contribution in [1.29, 1.82) is 0 Å². The van der Waals surface area contributed by atoms with Gasteiger partial charge >= 0.3 is 0 Å². The minimum absolute atomic E-state index is 0.725. The van der Waals surface area contributed by atoms with E-state index < -0.39 is 0 Å². The zero-order valence-corrected chi connectivity index (χ0v) is 12.5. The number of halogens is 1. The van der Waals surface area contributed by atoms with E-state index in [1.807, 2.05) is 0 Å². The van der Waals surface area contributed by atoms with Crippen molar-refractivity contribution < 1.29 is 4.74 Å². The highest BCUT2D eigenvalue weighted by atomic mass is 79.9. The van der Waals surface area contributed by atoms with Gasteiger partial charge in [-0.05, 0) is 68.5 Å². The van der Waals surface area contributed by atoms with E-state index in [1.165, 1.54) is 54.4 Å². The van der Waals surface area contributed by atoms with E-state index >= 15 is 0 Å². The lowest BCUT2D eigenvalue weighted by atomic mass is 9.87. The van der Waals surface area contributed by atoms with Gasteiger partial charge in [0, 0.05) is 10.5 Å². The number of fused-ring (bicyclic) bond motifs is 1. The summed E-state index contributed by atoms with van der Waals surface area (Å²) < 4.78 is 6.79. The Hall–Kier alpha value is -0.540. The van der Waals surface area contributed by atoms with Crippen LogP contribution < -0.4 is 4.74 Å². The van der Waals surface area contributed by atoms with E-state index in [0.29, 0.717) is 0 Å². The fraction of sp³-hybridized carbons (Fsp3) is 0.600. The minimum Gasteiger partial charge on any atom is -0.496 e. The summed E-state index contributed by atoms with van der Waals surface area (Å²) in [5, 5.41) is 0. The number of benzene rings is 1. The quantitative estimate of drug-likeness (QED) is 0.830. The Labute approximate surface area is 117 Å². The Morgan fingerprint density at radius 1 is 1.22 bits per heavy atom. The molecule has 3 rings (SSSR count). The zero-order valence-electron chi connectivity index (χ0n) is 10.9. The maximum atomic E-state index is 5.54. The van der Waals surface area contributed by atoms with Crippen LogP contribution in [0.3, 0.4) is 0 Å². The zero-order chi connectivity index (χ0) is 12.5. The number of likely N-dealkylation sites (tertiary alicyclic amines) is 1. The van der Waals surface area contributed by atoms with Gasteiger partial charge in [0.05, 0.1) is 7.11 Å². The van der Waals surface area contributed by atoms with Crippen LogP contribution in [0.2, 0.25) is 0 Å². The lowest BCUT2D eigenvalue weighted by Crippen LogP contribution is -2.37. The van der Waals surface area contributed by atoms with Gasteiger partial charge in [0.15, 0.2) is 0 Å². The van der Waals surface area contributed by atoms with E-state index in [0.717, 1.165) is 18.2 Å². The van der Waals surface area contributed by atoms with Gasteiger partial charge in [0.25, 0.3) is 0 Å². The second-order valence-corrected chi connectivity index (χ2v) is 6.20. The Morgan fingerprint density at radius 3 is 2.72 bits per heavy atom. The molecule has 0 unspecified atom stereocenters. The first-order valence-corrected chi connectivity index (χ1v) is 7.67.